The average Bonchev–Trinajstić information content (AvgIpc) is 2.42. The molecule has 0 aliphatic carbocycles. The smallest absolute Gasteiger partial charge is 0.159 e. The van der Waals surface area contributed by atoms with Crippen LogP contribution in [0, 0.1) is 11.6 Å². The lowest BCUT2D eigenvalue weighted by Crippen LogP contribution is -2.14. The fraction of sp³-hybridized carbons (Fsp3) is 0.250. The molecule has 0 saturated carbocycles. The largest absolute Gasteiger partial charge is 0.377 e. The second-order valence-corrected chi connectivity index (χ2v) is 4.95. The van der Waals surface area contributed by atoms with Crippen LogP contribution in [-0.4, -0.2) is 14.1 Å². The first-order valence-corrected chi connectivity index (χ1v) is 6.47. The van der Waals surface area contributed by atoms with Crippen LogP contribution in [0.3, 0.4) is 0 Å². The van der Waals surface area contributed by atoms with E-state index in [0.29, 0.717) is 5.56 Å². The van der Waals surface area contributed by atoms with Crippen molar-refractivity contribution in [2.24, 2.45) is 0 Å². The Hall–Kier alpha value is -2.10. The molecule has 2 rings (SSSR count). The van der Waals surface area contributed by atoms with Crippen LogP contribution >= 0.6 is 0 Å². The lowest BCUT2D eigenvalue weighted by molar-refractivity contribution is 0.506. The van der Waals surface area contributed by atoms with Gasteiger partial charge in [-0.25, -0.2) is 8.78 Å². The van der Waals surface area contributed by atoms with Gasteiger partial charge in [0.1, 0.15) is 0 Å². The van der Waals surface area contributed by atoms with Crippen LogP contribution in [0.25, 0.3) is 0 Å². The van der Waals surface area contributed by atoms with Gasteiger partial charge in [0.25, 0.3) is 0 Å². The highest BCUT2D eigenvalue weighted by Crippen LogP contribution is 2.28. The highest BCUT2D eigenvalue weighted by molar-refractivity contribution is 5.69. The van der Waals surface area contributed by atoms with Crippen molar-refractivity contribution in [1.82, 2.24) is 0 Å². The molecule has 1 unspecified atom stereocenters. The Bertz CT molecular complexity index is 597. The third kappa shape index (κ3) is 3.07. The van der Waals surface area contributed by atoms with Crippen molar-refractivity contribution in [2.45, 2.75) is 13.0 Å². The van der Waals surface area contributed by atoms with E-state index in [2.05, 4.69) is 5.32 Å². The van der Waals surface area contributed by atoms with Crippen molar-refractivity contribution in [2.75, 3.05) is 24.3 Å². The highest BCUT2D eigenvalue weighted by Gasteiger charge is 2.11. The number of hydrogen-bond donors (Lipinski definition) is 1. The second-order valence-electron chi connectivity index (χ2n) is 4.95. The number of halogens is 2. The standard InChI is InChI=1S/C16H18F2N2/c1-11(12-8-9-13(17)14(18)10-12)19-15-6-4-5-7-16(15)20(2)3/h4-11,19H,1-3H3. The van der Waals surface area contributed by atoms with Crippen LogP contribution < -0.4 is 10.2 Å². The molecule has 0 aliphatic heterocycles. The van der Waals surface area contributed by atoms with Gasteiger partial charge in [0.15, 0.2) is 11.6 Å². The predicted octanol–water partition coefficient (Wildman–Crippen LogP) is 4.20. The molecule has 0 radical (unpaired) electrons. The number of para-hydroxylation sites is 2. The van der Waals surface area contributed by atoms with Crippen LogP contribution in [0.15, 0.2) is 42.5 Å². The number of rotatable bonds is 4. The fourth-order valence-corrected chi connectivity index (χ4v) is 2.08. The van der Waals surface area contributed by atoms with Crippen LogP contribution in [0.2, 0.25) is 0 Å². The Balaban J connectivity index is 2.23. The van der Waals surface area contributed by atoms with Gasteiger partial charge in [-0.15, -0.1) is 0 Å². The molecule has 2 nitrogen and oxygen atoms in total. The van der Waals surface area contributed by atoms with E-state index in [1.54, 1.807) is 6.07 Å². The minimum Gasteiger partial charge on any atom is -0.377 e. The maximum absolute atomic E-state index is 13.3. The van der Waals surface area contributed by atoms with Crippen molar-refractivity contribution in [3.8, 4) is 0 Å². The molecule has 4 heteroatoms. The van der Waals surface area contributed by atoms with E-state index in [1.807, 2.05) is 50.2 Å². The Morgan fingerprint density at radius 1 is 1.00 bits per heavy atom. The summed E-state index contributed by atoms with van der Waals surface area (Å²) in [5.74, 6) is -1.65. The van der Waals surface area contributed by atoms with E-state index in [-0.39, 0.29) is 6.04 Å². The molecule has 0 bridgehead atoms. The van der Waals surface area contributed by atoms with Gasteiger partial charge in [-0.1, -0.05) is 18.2 Å². The van der Waals surface area contributed by atoms with Crippen LogP contribution in [-0.2, 0) is 0 Å². The number of anilines is 2. The van der Waals surface area contributed by atoms with Gasteiger partial charge >= 0.3 is 0 Å². The van der Waals surface area contributed by atoms with Gasteiger partial charge in [-0.2, -0.15) is 0 Å². The van der Waals surface area contributed by atoms with Crippen molar-refractivity contribution >= 4 is 11.4 Å². The molecule has 2 aromatic rings. The highest BCUT2D eigenvalue weighted by atomic mass is 19.2. The third-order valence-corrected chi connectivity index (χ3v) is 3.20. The summed E-state index contributed by atoms with van der Waals surface area (Å²) in [5, 5.41) is 3.32. The molecule has 1 atom stereocenters. The summed E-state index contributed by atoms with van der Waals surface area (Å²) < 4.78 is 26.2. The quantitative estimate of drug-likeness (QED) is 0.900. The summed E-state index contributed by atoms with van der Waals surface area (Å²) >= 11 is 0. The van der Waals surface area contributed by atoms with E-state index in [4.69, 9.17) is 0 Å². The van der Waals surface area contributed by atoms with E-state index < -0.39 is 11.6 Å². The number of nitrogens with zero attached hydrogens (tertiary/aromatic N) is 1. The molecule has 0 heterocycles. The third-order valence-electron chi connectivity index (χ3n) is 3.20. The molecule has 0 spiro atoms. The Kier molecular flexibility index (Phi) is 4.23. The molecule has 0 fully saturated rings. The van der Waals surface area contributed by atoms with E-state index in [9.17, 15) is 8.78 Å². The zero-order chi connectivity index (χ0) is 14.7. The van der Waals surface area contributed by atoms with Gasteiger partial charge in [-0.3, -0.25) is 0 Å². The zero-order valence-electron chi connectivity index (χ0n) is 11.8. The van der Waals surface area contributed by atoms with Gasteiger partial charge in [-0.05, 0) is 36.8 Å². The monoisotopic (exact) mass is 276 g/mol. The molecular formula is C16H18F2N2. The molecule has 0 aromatic heterocycles. The van der Waals surface area contributed by atoms with Crippen LogP contribution in [0.5, 0.6) is 0 Å². The first-order chi connectivity index (χ1) is 9.49. The van der Waals surface area contributed by atoms with Crippen molar-refractivity contribution in [1.29, 1.82) is 0 Å². The first-order valence-electron chi connectivity index (χ1n) is 6.47. The summed E-state index contributed by atoms with van der Waals surface area (Å²) in [6.45, 7) is 1.92. The fourth-order valence-electron chi connectivity index (χ4n) is 2.08. The predicted molar refractivity (Wildman–Crippen MR) is 79.2 cm³/mol. The topological polar surface area (TPSA) is 15.3 Å². The summed E-state index contributed by atoms with van der Waals surface area (Å²) in [7, 11) is 3.92. The summed E-state index contributed by atoms with van der Waals surface area (Å²) in [4.78, 5) is 2.00. The van der Waals surface area contributed by atoms with Gasteiger partial charge in [0.2, 0.25) is 0 Å². The molecule has 106 valence electrons. The van der Waals surface area contributed by atoms with Gasteiger partial charge in [0, 0.05) is 20.1 Å². The molecule has 20 heavy (non-hydrogen) atoms. The summed E-state index contributed by atoms with van der Waals surface area (Å²) in [6.07, 6.45) is 0. The molecule has 0 saturated heterocycles. The molecule has 1 N–H and O–H groups in total. The number of benzene rings is 2. The van der Waals surface area contributed by atoms with E-state index >= 15 is 0 Å². The molecule has 2 aromatic carbocycles. The lowest BCUT2D eigenvalue weighted by atomic mass is 10.1. The normalized spacial score (nSPS) is 12.1. The second kappa shape index (κ2) is 5.90. The van der Waals surface area contributed by atoms with Crippen molar-refractivity contribution in [3.05, 3.63) is 59.7 Å². The molecular weight excluding hydrogens is 258 g/mol. The van der Waals surface area contributed by atoms with Crippen molar-refractivity contribution < 1.29 is 8.78 Å². The first kappa shape index (κ1) is 14.3. The Labute approximate surface area is 118 Å². The minimum atomic E-state index is -0.824. The molecule has 0 amide bonds. The SMILES string of the molecule is CC(Nc1ccccc1N(C)C)c1ccc(F)c(F)c1. The average molecular weight is 276 g/mol. The maximum atomic E-state index is 13.3. The zero-order valence-corrected chi connectivity index (χ0v) is 11.8. The lowest BCUT2D eigenvalue weighted by Gasteiger charge is -2.22. The van der Waals surface area contributed by atoms with Crippen LogP contribution in [0.1, 0.15) is 18.5 Å². The number of hydrogen-bond acceptors (Lipinski definition) is 2. The Morgan fingerprint density at radius 3 is 2.35 bits per heavy atom. The van der Waals surface area contributed by atoms with Gasteiger partial charge in [0.05, 0.1) is 11.4 Å². The van der Waals surface area contributed by atoms with Crippen molar-refractivity contribution in [3.63, 3.8) is 0 Å². The maximum Gasteiger partial charge on any atom is 0.159 e. The van der Waals surface area contributed by atoms with Gasteiger partial charge < -0.3 is 10.2 Å². The van der Waals surface area contributed by atoms with E-state index in [1.165, 1.54) is 6.07 Å². The summed E-state index contributed by atoms with van der Waals surface area (Å²) in [5.41, 5.74) is 2.70. The molecule has 0 aliphatic rings. The Morgan fingerprint density at radius 2 is 1.70 bits per heavy atom. The number of nitrogens with one attached hydrogen (secondary N) is 1. The van der Waals surface area contributed by atoms with Crippen LogP contribution in [0.4, 0.5) is 20.2 Å². The van der Waals surface area contributed by atoms with E-state index in [0.717, 1.165) is 17.4 Å². The minimum absolute atomic E-state index is 0.119. The summed E-state index contributed by atoms with van der Waals surface area (Å²) in [6, 6.07) is 11.7.